The molecule has 0 bridgehead atoms. The first kappa shape index (κ1) is 28.5. The molecule has 0 spiro atoms. The van der Waals surface area contributed by atoms with Gasteiger partial charge in [0.2, 0.25) is 11.8 Å². The minimum Gasteiger partial charge on any atom is -0.497 e. The summed E-state index contributed by atoms with van der Waals surface area (Å²) in [6.45, 7) is 10.4. The number of aromatic amines is 1. The maximum absolute atomic E-state index is 13.1. The van der Waals surface area contributed by atoms with Gasteiger partial charge >= 0.3 is 0 Å². The molecule has 0 radical (unpaired) electrons. The van der Waals surface area contributed by atoms with Gasteiger partial charge in [0.25, 0.3) is 0 Å². The van der Waals surface area contributed by atoms with Gasteiger partial charge in [0.1, 0.15) is 11.9 Å². The lowest BCUT2D eigenvalue weighted by atomic mass is 10.0. The van der Waals surface area contributed by atoms with E-state index in [1.807, 2.05) is 54.4 Å². The molecule has 6 heterocycles. The number of likely N-dealkylation sites (tertiary alicyclic amines) is 1. The fourth-order valence-corrected chi connectivity index (χ4v) is 6.42. The van der Waals surface area contributed by atoms with Crippen LogP contribution in [-0.2, 0) is 9.53 Å². The van der Waals surface area contributed by atoms with Gasteiger partial charge in [0.05, 0.1) is 67.5 Å². The van der Waals surface area contributed by atoms with Gasteiger partial charge in [-0.3, -0.25) is 14.7 Å². The number of methoxy groups -OCH3 is 1. The molecule has 11 heteroatoms. The van der Waals surface area contributed by atoms with Crippen LogP contribution in [-0.4, -0.2) is 101 Å². The van der Waals surface area contributed by atoms with Gasteiger partial charge < -0.3 is 29.0 Å². The summed E-state index contributed by atoms with van der Waals surface area (Å²) in [6.07, 6.45) is 3.77. The number of hydrogen-bond acceptors (Lipinski definition) is 9. The van der Waals surface area contributed by atoms with Crippen LogP contribution in [0.3, 0.4) is 0 Å². The molecule has 1 N–H and O–H groups in total. The van der Waals surface area contributed by atoms with Crippen molar-refractivity contribution in [1.82, 2.24) is 29.7 Å². The third-order valence-electron chi connectivity index (χ3n) is 9.42. The summed E-state index contributed by atoms with van der Waals surface area (Å²) < 4.78 is 17.1. The highest BCUT2D eigenvalue weighted by Gasteiger charge is 2.37. The molecule has 3 atom stereocenters. The van der Waals surface area contributed by atoms with Crippen molar-refractivity contribution in [1.29, 1.82) is 0 Å². The van der Waals surface area contributed by atoms with Gasteiger partial charge in [-0.1, -0.05) is 12.1 Å². The van der Waals surface area contributed by atoms with Crippen molar-refractivity contribution in [2.24, 2.45) is 5.92 Å². The lowest BCUT2D eigenvalue weighted by Crippen LogP contribution is -2.56. The van der Waals surface area contributed by atoms with Crippen molar-refractivity contribution in [3.8, 4) is 23.0 Å². The average Bonchev–Trinajstić information content (AvgIpc) is 3.67. The third kappa shape index (κ3) is 5.57. The molecule has 3 aromatic heterocycles. The van der Waals surface area contributed by atoms with Gasteiger partial charge in [-0.05, 0) is 49.7 Å². The van der Waals surface area contributed by atoms with Crippen LogP contribution in [0.2, 0.25) is 0 Å². The Bertz CT molecular complexity index is 1600. The predicted octanol–water partition coefficient (Wildman–Crippen LogP) is 3.93. The Morgan fingerprint density at radius 3 is 2.48 bits per heavy atom. The van der Waals surface area contributed by atoms with Crippen LogP contribution in [0.15, 0.2) is 55.0 Å². The Hall–Kier alpha value is -4.22. The molecule has 4 aromatic rings. The van der Waals surface area contributed by atoms with E-state index in [-0.39, 0.29) is 24.0 Å². The Morgan fingerprint density at radius 1 is 1.00 bits per heavy atom. The fourth-order valence-electron chi connectivity index (χ4n) is 6.42. The standard InChI is InChI=1S/C33H39N7O4/c1-21(23-4-7-27(42-3)8-5-23)40-17-24(14-31(40)41)22(2)44-33-32-30(35-20-36-32)15-29(37-33)28-9-6-25(16-34-28)38-10-12-39(13-11-38)26-18-43-19-26/h4-9,15-16,20-22,24,26H,10-14,17-19H2,1-3H3,(H,35,36)/t21-,22-,24-/m1/s1. The summed E-state index contributed by atoms with van der Waals surface area (Å²) in [6, 6.07) is 14.5. The number of nitrogens with zero attached hydrogens (tertiary/aromatic N) is 6. The summed E-state index contributed by atoms with van der Waals surface area (Å²) in [7, 11) is 1.65. The average molecular weight is 598 g/mol. The molecule has 230 valence electrons. The number of rotatable bonds is 9. The van der Waals surface area contributed by atoms with Crippen LogP contribution in [0.25, 0.3) is 22.4 Å². The second-order valence-corrected chi connectivity index (χ2v) is 12.0. The minimum atomic E-state index is -0.241. The molecule has 7 rings (SSSR count). The number of benzene rings is 1. The molecule has 0 saturated carbocycles. The first-order chi connectivity index (χ1) is 21.5. The quantitative estimate of drug-likeness (QED) is 0.307. The Labute approximate surface area is 257 Å². The number of aromatic nitrogens is 4. The van der Waals surface area contributed by atoms with Crippen molar-refractivity contribution < 1.29 is 19.0 Å². The van der Waals surface area contributed by atoms with Gasteiger partial charge in [0.15, 0.2) is 5.52 Å². The molecular weight excluding hydrogens is 558 g/mol. The van der Waals surface area contributed by atoms with E-state index in [1.54, 1.807) is 13.4 Å². The van der Waals surface area contributed by atoms with Crippen molar-refractivity contribution in [2.75, 3.05) is 57.9 Å². The van der Waals surface area contributed by atoms with Crippen molar-refractivity contribution in [3.63, 3.8) is 0 Å². The molecule has 3 aliphatic heterocycles. The van der Waals surface area contributed by atoms with E-state index in [0.29, 0.717) is 36.1 Å². The predicted molar refractivity (Wildman–Crippen MR) is 167 cm³/mol. The lowest BCUT2D eigenvalue weighted by Gasteiger charge is -2.43. The molecule has 1 amide bonds. The van der Waals surface area contributed by atoms with Crippen LogP contribution in [0, 0.1) is 5.92 Å². The number of imidazole rings is 1. The van der Waals surface area contributed by atoms with Gasteiger partial charge in [-0.25, -0.2) is 9.97 Å². The normalized spacial score (nSPS) is 21.0. The van der Waals surface area contributed by atoms with Crippen molar-refractivity contribution in [2.45, 2.75) is 38.5 Å². The van der Waals surface area contributed by atoms with Crippen LogP contribution < -0.4 is 14.4 Å². The maximum atomic E-state index is 13.1. The Morgan fingerprint density at radius 2 is 1.80 bits per heavy atom. The highest BCUT2D eigenvalue weighted by Crippen LogP contribution is 2.34. The molecular formula is C33H39N7O4. The second kappa shape index (κ2) is 12.0. The summed E-state index contributed by atoms with van der Waals surface area (Å²) in [5, 5.41) is 0. The van der Waals surface area contributed by atoms with E-state index < -0.39 is 0 Å². The molecule has 1 aromatic carbocycles. The zero-order chi connectivity index (χ0) is 30.2. The number of amides is 1. The Kier molecular flexibility index (Phi) is 7.82. The summed E-state index contributed by atoms with van der Waals surface area (Å²) in [5.74, 6) is 1.40. The Balaban J connectivity index is 1.03. The maximum Gasteiger partial charge on any atom is 0.243 e. The summed E-state index contributed by atoms with van der Waals surface area (Å²) in [5.41, 5.74) is 5.16. The number of ether oxygens (including phenoxy) is 3. The number of piperazine rings is 1. The van der Waals surface area contributed by atoms with Crippen molar-refractivity contribution >= 4 is 22.6 Å². The number of carbonyl (C=O) groups is 1. The molecule has 3 fully saturated rings. The number of H-pyrrole nitrogens is 1. The van der Waals surface area contributed by atoms with Gasteiger partial charge in [-0.2, -0.15) is 0 Å². The zero-order valence-corrected chi connectivity index (χ0v) is 25.5. The molecule has 0 unspecified atom stereocenters. The number of fused-ring (bicyclic) bond motifs is 1. The SMILES string of the molecule is COc1ccc([C@@H](C)N2C[C@H]([C@@H](C)Oc3nc(-c4ccc(N5CCN(C6COC6)CC5)cn4)cc4[nH]cnc34)CC2=O)cc1. The van der Waals surface area contributed by atoms with Gasteiger partial charge in [0, 0.05) is 45.1 Å². The summed E-state index contributed by atoms with van der Waals surface area (Å²) >= 11 is 0. The third-order valence-corrected chi connectivity index (χ3v) is 9.42. The number of carbonyl (C=O) groups excluding carboxylic acids is 1. The van der Waals surface area contributed by atoms with Crippen LogP contribution in [0.5, 0.6) is 11.6 Å². The molecule has 0 aliphatic carbocycles. The highest BCUT2D eigenvalue weighted by molar-refractivity contribution is 5.83. The molecule has 44 heavy (non-hydrogen) atoms. The lowest BCUT2D eigenvalue weighted by molar-refractivity contribution is -0.129. The molecule has 3 saturated heterocycles. The number of hydrogen-bond donors (Lipinski definition) is 1. The van der Waals surface area contributed by atoms with Gasteiger partial charge in [-0.15, -0.1) is 0 Å². The zero-order valence-electron chi connectivity index (χ0n) is 25.5. The van der Waals surface area contributed by atoms with Crippen LogP contribution >= 0.6 is 0 Å². The summed E-state index contributed by atoms with van der Waals surface area (Å²) in [4.78, 5) is 37.3. The monoisotopic (exact) mass is 597 g/mol. The number of nitrogens with one attached hydrogen (secondary N) is 1. The first-order valence-electron chi connectivity index (χ1n) is 15.4. The molecule has 3 aliphatic rings. The topological polar surface area (TPSA) is 109 Å². The van der Waals surface area contributed by atoms with E-state index in [1.165, 1.54) is 0 Å². The van der Waals surface area contributed by atoms with E-state index in [0.717, 1.165) is 67.6 Å². The van der Waals surface area contributed by atoms with E-state index in [2.05, 4.69) is 32.8 Å². The smallest absolute Gasteiger partial charge is 0.243 e. The minimum absolute atomic E-state index is 0.0253. The first-order valence-corrected chi connectivity index (χ1v) is 15.4. The van der Waals surface area contributed by atoms with Crippen LogP contribution in [0.1, 0.15) is 31.9 Å². The van der Waals surface area contributed by atoms with Crippen LogP contribution in [0.4, 0.5) is 5.69 Å². The van der Waals surface area contributed by atoms with E-state index in [4.69, 9.17) is 24.2 Å². The second-order valence-electron chi connectivity index (χ2n) is 12.0. The largest absolute Gasteiger partial charge is 0.497 e. The van der Waals surface area contributed by atoms with E-state index in [9.17, 15) is 4.79 Å². The fraction of sp³-hybridized carbons (Fsp3) is 0.455. The number of anilines is 1. The van der Waals surface area contributed by atoms with E-state index >= 15 is 0 Å². The highest BCUT2D eigenvalue weighted by atomic mass is 16.5. The molecule has 11 nitrogen and oxygen atoms in total. The van der Waals surface area contributed by atoms with Crippen molar-refractivity contribution in [3.05, 3.63) is 60.6 Å². The number of pyridine rings is 2.